The number of aryl methyl sites for hydroxylation is 1. The van der Waals surface area contributed by atoms with Crippen LogP contribution in [-0.4, -0.2) is 19.1 Å². The van der Waals surface area contributed by atoms with Crippen LogP contribution < -0.4 is 15.4 Å². The molecular formula is C15H19N3O. The zero-order chi connectivity index (χ0) is 13.8. The number of methoxy groups -OCH3 is 1. The van der Waals surface area contributed by atoms with E-state index in [9.17, 15) is 0 Å². The van der Waals surface area contributed by atoms with Gasteiger partial charge >= 0.3 is 0 Å². The zero-order valence-corrected chi connectivity index (χ0v) is 11.6. The van der Waals surface area contributed by atoms with Crippen LogP contribution in [-0.2, 0) is 6.54 Å². The van der Waals surface area contributed by atoms with Crippen LogP contribution in [0.5, 0.6) is 5.75 Å². The van der Waals surface area contributed by atoms with E-state index >= 15 is 0 Å². The van der Waals surface area contributed by atoms with Gasteiger partial charge in [0.2, 0.25) is 0 Å². The maximum Gasteiger partial charge on any atom is 0.122 e. The molecule has 100 valence electrons. The second-order valence-electron chi connectivity index (χ2n) is 4.59. The molecule has 0 aliphatic rings. The summed E-state index contributed by atoms with van der Waals surface area (Å²) in [6, 6.07) is 11.7. The summed E-state index contributed by atoms with van der Waals surface area (Å²) in [6.45, 7) is 2.69. The van der Waals surface area contributed by atoms with Crippen molar-refractivity contribution in [3.05, 3.63) is 47.8 Å². The third kappa shape index (κ3) is 3.37. The molecule has 0 aliphatic carbocycles. The van der Waals surface area contributed by atoms with Crippen molar-refractivity contribution in [1.82, 2.24) is 4.98 Å². The van der Waals surface area contributed by atoms with Gasteiger partial charge in [-0.25, -0.2) is 0 Å². The lowest BCUT2D eigenvalue weighted by molar-refractivity contribution is 0.413. The lowest BCUT2D eigenvalue weighted by Crippen LogP contribution is -2.17. The molecule has 1 heterocycles. The van der Waals surface area contributed by atoms with Crippen LogP contribution in [0.2, 0.25) is 0 Å². The van der Waals surface area contributed by atoms with Gasteiger partial charge in [-0.05, 0) is 31.2 Å². The number of pyridine rings is 1. The molecule has 0 saturated heterocycles. The predicted octanol–water partition coefficient (Wildman–Crippen LogP) is 2.62. The van der Waals surface area contributed by atoms with Crippen LogP contribution in [0.1, 0.15) is 11.4 Å². The summed E-state index contributed by atoms with van der Waals surface area (Å²) in [7, 11) is 3.70. The van der Waals surface area contributed by atoms with Crippen molar-refractivity contribution in [2.75, 3.05) is 24.8 Å². The molecule has 0 unspecified atom stereocenters. The SMILES string of the molecule is COc1cc(C)nc(CN(C)c2ccc(N)cc2)c1. The normalized spacial score (nSPS) is 10.3. The minimum absolute atomic E-state index is 0.724. The summed E-state index contributed by atoms with van der Waals surface area (Å²) in [5.74, 6) is 0.841. The number of nitrogens with two attached hydrogens (primary N) is 1. The highest BCUT2D eigenvalue weighted by atomic mass is 16.5. The molecule has 4 heteroatoms. The van der Waals surface area contributed by atoms with Gasteiger partial charge in [0, 0.05) is 36.2 Å². The molecule has 2 aromatic rings. The molecule has 1 aromatic carbocycles. The van der Waals surface area contributed by atoms with Crippen LogP contribution in [0.4, 0.5) is 11.4 Å². The van der Waals surface area contributed by atoms with E-state index in [1.165, 1.54) is 0 Å². The maximum absolute atomic E-state index is 5.69. The first kappa shape index (κ1) is 13.2. The summed E-state index contributed by atoms with van der Waals surface area (Å²) >= 11 is 0. The first-order valence-electron chi connectivity index (χ1n) is 6.16. The Labute approximate surface area is 113 Å². The molecule has 0 spiro atoms. The summed E-state index contributed by atoms with van der Waals surface area (Å²) < 4.78 is 5.26. The first-order valence-corrected chi connectivity index (χ1v) is 6.16. The van der Waals surface area contributed by atoms with Crippen molar-refractivity contribution in [3.63, 3.8) is 0 Å². The van der Waals surface area contributed by atoms with Gasteiger partial charge in [-0.15, -0.1) is 0 Å². The largest absolute Gasteiger partial charge is 0.497 e. The molecule has 0 amide bonds. The molecule has 2 N–H and O–H groups in total. The van der Waals surface area contributed by atoms with Gasteiger partial charge in [0.15, 0.2) is 0 Å². The van der Waals surface area contributed by atoms with Crippen LogP contribution in [0.25, 0.3) is 0 Å². The van der Waals surface area contributed by atoms with Crippen LogP contribution in [0, 0.1) is 6.92 Å². The van der Waals surface area contributed by atoms with E-state index in [0.717, 1.165) is 35.1 Å². The summed E-state index contributed by atoms with van der Waals surface area (Å²) in [6.07, 6.45) is 0. The number of aromatic nitrogens is 1. The van der Waals surface area contributed by atoms with E-state index in [-0.39, 0.29) is 0 Å². The van der Waals surface area contributed by atoms with Gasteiger partial charge in [0.25, 0.3) is 0 Å². The average Bonchev–Trinajstić information content (AvgIpc) is 2.38. The van der Waals surface area contributed by atoms with Crippen LogP contribution in [0.15, 0.2) is 36.4 Å². The van der Waals surface area contributed by atoms with Gasteiger partial charge in [-0.3, -0.25) is 4.98 Å². The summed E-state index contributed by atoms with van der Waals surface area (Å²) in [4.78, 5) is 6.64. The fourth-order valence-electron chi connectivity index (χ4n) is 1.96. The maximum atomic E-state index is 5.69. The third-order valence-corrected chi connectivity index (χ3v) is 2.95. The summed E-state index contributed by atoms with van der Waals surface area (Å²) in [5, 5.41) is 0. The number of hydrogen-bond donors (Lipinski definition) is 1. The Bertz CT molecular complexity index is 552. The monoisotopic (exact) mass is 257 g/mol. The highest BCUT2D eigenvalue weighted by Gasteiger charge is 2.05. The van der Waals surface area contributed by atoms with Gasteiger partial charge in [-0.1, -0.05) is 0 Å². The highest BCUT2D eigenvalue weighted by Crippen LogP contribution is 2.19. The van der Waals surface area contributed by atoms with Crippen LogP contribution in [0.3, 0.4) is 0 Å². The van der Waals surface area contributed by atoms with E-state index in [1.54, 1.807) is 7.11 Å². The van der Waals surface area contributed by atoms with Gasteiger partial charge in [0.1, 0.15) is 5.75 Å². The second kappa shape index (κ2) is 5.61. The minimum atomic E-state index is 0.724. The van der Waals surface area contributed by atoms with E-state index in [0.29, 0.717) is 0 Å². The van der Waals surface area contributed by atoms with Gasteiger partial charge < -0.3 is 15.4 Å². The van der Waals surface area contributed by atoms with Crippen molar-refractivity contribution in [2.24, 2.45) is 0 Å². The van der Waals surface area contributed by atoms with Crippen LogP contribution >= 0.6 is 0 Å². The number of benzene rings is 1. The minimum Gasteiger partial charge on any atom is -0.497 e. The topological polar surface area (TPSA) is 51.4 Å². The molecule has 0 atom stereocenters. The fourth-order valence-corrected chi connectivity index (χ4v) is 1.96. The number of hydrogen-bond acceptors (Lipinski definition) is 4. The Morgan fingerprint density at radius 1 is 1.21 bits per heavy atom. The fraction of sp³-hybridized carbons (Fsp3) is 0.267. The van der Waals surface area contributed by atoms with Crippen molar-refractivity contribution in [1.29, 1.82) is 0 Å². The Kier molecular flexibility index (Phi) is 3.90. The number of nitrogen functional groups attached to an aromatic ring is 1. The molecule has 19 heavy (non-hydrogen) atoms. The molecule has 1 aromatic heterocycles. The number of nitrogens with zero attached hydrogens (tertiary/aromatic N) is 2. The molecule has 0 radical (unpaired) electrons. The Morgan fingerprint density at radius 3 is 2.53 bits per heavy atom. The lowest BCUT2D eigenvalue weighted by Gasteiger charge is -2.19. The third-order valence-electron chi connectivity index (χ3n) is 2.95. The predicted molar refractivity (Wildman–Crippen MR) is 78.5 cm³/mol. The molecule has 0 saturated carbocycles. The number of anilines is 2. The lowest BCUT2D eigenvalue weighted by atomic mass is 10.2. The van der Waals surface area contributed by atoms with Gasteiger partial charge in [0.05, 0.1) is 19.3 Å². The number of rotatable bonds is 4. The Morgan fingerprint density at radius 2 is 1.89 bits per heavy atom. The molecule has 0 fully saturated rings. The van der Waals surface area contributed by atoms with E-state index in [4.69, 9.17) is 10.5 Å². The van der Waals surface area contributed by atoms with Crippen molar-refractivity contribution < 1.29 is 4.74 Å². The second-order valence-corrected chi connectivity index (χ2v) is 4.59. The molecular weight excluding hydrogens is 238 g/mol. The van der Waals surface area contributed by atoms with E-state index in [2.05, 4.69) is 9.88 Å². The standard InChI is InChI=1S/C15H19N3O/c1-11-8-15(19-3)9-13(17-11)10-18(2)14-6-4-12(16)5-7-14/h4-9H,10,16H2,1-3H3. The smallest absolute Gasteiger partial charge is 0.122 e. The zero-order valence-electron chi connectivity index (χ0n) is 11.6. The molecule has 0 aliphatic heterocycles. The Hall–Kier alpha value is -2.23. The number of ether oxygens (including phenoxy) is 1. The van der Waals surface area contributed by atoms with Crippen molar-refractivity contribution in [3.8, 4) is 5.75 Å². The average molecular weight is 257 g/mol. The van der Waals surface area contributed by atoms with Crippen molar-refractivity contribution in [2.45, 2.75) is 13.5 Å². The summed E-state index contributed by atoms with van der Waals surface area (Å²) in [5.41, 5.74) is 9.51. The molecule has 0 bridgehead atoms. The first-order chi connectivity index (χ1) is 9.08. The molecule has 2 rings (SSSR count). The van der Waals surface area contributed by atoms with Gasteiger partial charge in [-0.2, -0.15) is 0 Å². The van der Waals surface area contributed by atoms with E-state index in [1.807, 2.05) is 50.4 Å². The Balaban J connectivity index is 2.16. The highest BCUT2D eigenvalue weighted by molar-refractivity contribution is 5.52. The molecule has 4 nitrogen and oxygen atoms in total. The van der Waals surface area contributed by atoms with E-state index < -0.39 is 0 Å². The van der Waals surface area contributed by atoms with Crippen molar-refractivity contribution >= 4 is 11.4 Å². The quantitative estimate of drug-likeness (QED) is 0.855.